The first kappa shape index (κ1) is 21.6. The lowest BCUT2D eigenvalue weighted by atomic mass is 9.89. The minimum absolute atomic E-state index is 0.0383. The molecule has 0 spiro atoms. The number of nitrogens with zero attached hydrogens (tertiary/aromatic N) is 2. The number of carbonyl (C=O) groups excluding carboxylic acids is 3. The lowest BCUT2D eigenvalue weighted by Crippen LogP contribution is -2.50. The summed E-state index contributed by atoms with van der Waals surface area (Å²) >= 11 is 0. The topological polar surface area (TPSA) is 66.9 Å². The average Bonchev–Trinajstić information content (AvgIpc) is 2.74. The van der Waals surface area contributed by atoms with Crippen molar-refractivity contribution in [1.82, 2.24) is 0 Å². The average molecular weight is 408 g/mol. The number of amides is 2. The van der Waals surface area contributed by atoms with Gasteiger partial charge in [-0.1, -0.05) is 50.2 Å². The summed E-state index contributed by atoms with van der Waals surface area (Å²) in [5, 5.41) is 0. The summed E-state index contributed by atoms with van der Waals surface area (Å²) in [5.41, 5.74) is 2.23. The van der Waals surface area contributed by atoms with Crippen LogP contribution in [0.2, 0.25) is 0 Å². The number of rotatable bonds is 4. The number of carbonyl (C=O) groups is 3. The van der Waals surface area contributed by atoms with E-state index in [2.05, 4.69) is 0 Å². The van der Waals surface area contributed by atoms with Gasteiger partial charge in [0.25, 0.3) is 0 Å². The Morgan fingerprint density at radius 3 is 2.33 bits per heavy atom. The van der Waals surface area contributed by atoms with Crippen molar-refractivity contribution in [2.75, 3.05) is 16.4 Å². The Hall–Kier alpha value is -3.15. The van der Waals surface area contributed by atoms with E-state index in [1.54, 1.807) is 19.1 Å². The monoisotopic (exact) mass is 408 g/mol. The number of benzene rings is 2. The summed E-state index contributed by atoms with van der Waals surface area (Å²) in [6.07, 6.45) is 0.509. The van der Waals surface area contributed by atoms with E-state index >= 15 is 0 Å². The first-order chi connectivity index (χ1) is 14.4. The molecule has 0 N–H and O–H groups in total. The standard InChI is InChI=1S/C24H28N2O4/c1-5-30-24(29)23(28)26(18-11-7-6-8-12-18)21-15-17(4)25(22(27)16(2)3)20-14-10-9-13-19(20)21/h6-14,16-17,21H,5,15H2,1-4H3/t17-,21+/m0/s1. The van der Waals surface area contributed by atoms with Crippen LogP contribution in [0.1, 0.15) is 45.7 Å². The molecule has 2 aromatic rings. The molecule has 158 valence electrons. The van der Waals surface area contributed by atoms with Crippen molar-refractivity contribution >= 4 is 29.2 Å². The molecular weight excluding hydrogens is 380 g/mol. The molecule has 30 heavy (non-hydrogen) atoms. The van der Waals surface area contributed by atoms with E-state index in [4.69, 9.17) is 4.74 Å². The van der Waals surface area contributed by atoms with Crippen LogP contribution in [0, 0.1) is 5.92 Å². The molecule has 0 fully saturated rings. The number of hydrogen-bond donors (Lipinski definition) is 0. The van der Waals surface area contributed by atoms with Crippen LogP contribution in [-0.2, 0) is 19.1 Å². The van der Waals surface area contributed by atoms with E-state index in [1.807, 2.05) is 68.1 Å². The van der Waals surface area contributed by atoms with Crippen LogP contribution in [0.15, 0.2) is 54.6 Å². The van der Waals surface area contributed by atoms with Gasteiger partial charge >= 0.3 is 11.9 Å². The van der Waals surface area contributed by atoms with Gasteiger partial charge in [-0.3, -0.25) is 14.5 Å². The SMILES string of the molecule is CCOC(=O)C(=O)N(c1ccccc1)[C@@H]1C[C@H](C)N(C(=O)C(C)C)c2ccccc21. The summed E-state index contributed by atoms with van der Waals surface area (Å²) in [5.74, 6) is -1.70. The van der Waals surface area contributed by atoms with Crippen molar-refractivity contribution in [3.63, 3.8) is 0 Å². The zero-order valence-electron chi connectivity index (χ0n) is 17.9. The molecule has 0 aliphatic carbocycles. The van der Waals surface area contributed by atoms with Crippen molar-refractivity contribution in [1.29, 1.82) is 0 Å². The molecule has 3 rings (SSSR count). The lowest BCUT2D eigenvalue weighted by molar-refractivity contribution is -0.153. The van der Waals surface area contributed by atoms with Crippen molar-refractivity contribution in [3.8, 4) is 0 Å². The molecule has 2 atom stereocenters. The number of esters is 1. The number of ether oxygens (including phenoxy) is 1. The molecule has 6 nitrogen and oxygen atoms in total. The first-order valence-electron chi connectivity index (χ1n) is 10.3. The maximum atomic E-state index is 13.1. The Bertz CT molecular complexity index is 926. The summed E-state index contributed by atoms with van der Waals surface area (Å²) in [6, 6.07) is 16.2. The quantitative estimate of drug-likeness (QED) is 0.564. The third kappa shape index (κ3) is 4.08. The zero-order chi connectivity index (χ0) is 21.8. The van der Waals surface area contributed by atoms with Gasteiger partial charge in [0.2, 0.25) is 5.91 Å². The van der Waals surface area contributed by atoms with E-state index in [9.17, 15) is 14.4 Å². The van der Waals surface area contributed by atoms with Gasteiger partial charge in [-0.05, 0) is 44.0 Å². The third-order valence-electron chi connectivity index (χ3n) is 5.31. The summed E-state index contributed by atoms with van der Waals surface area (Å²) in [6.45, 7) is 7.53. The van der Waals surface area contributed by atoms with E-state index in [0.717, 1.165) is 11.3 Å². The molecule has 2 amide bonds. The largest absolute Gasteiger partial charge is 0.459 e. The number of hydrogen-bond acceptors (Lipinski definition) is 4. The second-order valence-corrected chi connectivity index (χ2v) is 7.75. The lowest BCUT2D eigenvalue weighted by Gasteiger charge is -2.43. The van der Waals surface area contributed by atoms with Gasteiger partial charge in [0.15, 0.2) is 0 Å². The Balaban J connectivity index is 2.11. The predicted octanol–water partition coefficient (Wildman–Crippen LogP) is 4.11. The zero-order valence-corrected chi connectivity index (χ0v) is 17.9. The highest BCUT2D eigenvalue weighted by molar-refractivity contribution is 6.38. The van der Waals surface area contributed by atoms with Gasteiger partial charge < -0.3 is 9.64 Å². The molecule has 1 aliphatic rings. The fourth-order valence-corrected chi connectivity index (χ4v) is 3.96. The summed E-state index contributed by atoms with van der Waals surface area (Å²) in [4.78, 5) is 41.8. The van der Waals surface area contributed by atoms with Gasteiger partial charge in [-0.15, -0.1) is 0 Å². The molecule has 0 unspecified atom stereocenters. The van der Waals surface area contributed by atoms with Crippen LogP contribution in [0.5, 0.6) is 0 Å². The second kappa shape index (κ2) is 9.11. The third-order valence-corrected chi connectivity index (χ3v) is 5.31. The van der Waals surface area contributed by atoms with E-state index in [-0.39, 0.29) is 24.5 Å². The van der Waals surface area contributed by atoms with Crippen LogP contribution in [0.3, 0.4) is 0 Å². The summed E-state index contributed by atoms with van der Waals surface area (Å²) in [7, 11) is 0. The Kier molecular flexibility index (Phi) is 6.55. The van der Waals surface area contributed by atoms with Crippen LogP contribution in [0.25, 0.3) is 0 Å². The smallest absolute Gasteiger partial charge is 0.397 e. The molecular formula is C24H28N2O4. The van der Waals surface area contributed by atoms with E-state index in [1.165, 1.54) is 4.90 Å². The minimum atomic E-state index is -0.882. The van der Waals surface area contributed by atoms with Crippen molar-refractivity contribution in [2.45, 2.75) is 46.2 Å². The number of anilines is 2. The van der Waals surface area contributed by atoms with Crippen LogP contribution < -0.4 is 9.80 Å². The molecule has 0 saturated carbocycles. The fourth-order valence-electron chi connectivity index (χ4n) is 3.96. The fraction of sp³-hybridized carbons (Fsp3) is 0.375. The Labute approximate surface area is 177 Å². The van der Waals surface area contributed by atoms with Gasteiger partial charge in [-0.25, -0.2) is 4.79 Å². The molecule has 0 radical (unpaired) electrons. The van der Waals surface area contributed by atoms with E-state index < -0.39 is 17.9 Å². The summed E-state index contributed by atoms with van der Waals surface area (Å²) < 4.78 is 5.01. The molecule has 0 saturated heterocycles. The van der Waals surface area contributed by atoms with Crippen LogP contribution in [0.4, 0.5) is 11.4 Å². The van der Waals surface area contributed by atoms with Gasteiger partial charge in [0, 0.05) is 23.3 Å². The van der Waals surface area contributed by atoms with Crippen molar-refractivity contribution in [2.24, 2.45) is 5.92 Å². The van der Waals surface area contributed by atoms with Gasteiger partial charge in [0.05, 0.1) is 12.6 Å². The predicted molar refractivity (Wildman–Crippen MR) is 116 cm³/mol. The molecule has 0 aromatic heterocycles. The molecule has 6 heteroatoms. The number of fused-ring (bicyclic) bond motifs is 1. The number of para-hydroxylation sites is 2. The first-order valence-corrected chi connectivity index (χ1v) is 10.3. The van der Waals surface area contributed by atoms with Crippen LogP contribution >= 0.6 is 0 Å². The Morgan fingerprint density at radius 1 is 1.07 bits per heavy atom. The second-order valence-electron chi connectivity index (χ2n) is 7.75. The molecule has 1 aliphatic heterocycles. The minimum Gasteiger partial charge on any atom is -0.459 e. The normalized spacial score (nSPS) is 18.0. The highest BCUT2D eigenvalue weighted by atomic mass is 16.5. The van der Waals surface area contributed by atoms with Crippen molar-refractivity contribution < 1.29 is 19.1 Å². The van der Waals surface area contributed by atoms with Crippen LogP contribution in [-0.4, -0.2) is 30.4 Å². The maximum Gasteiger partial charge on any atom is 0.397 e. The van der Waals surface area contributed by atoms with E-state index in [0.29, 0.717) is 12.1 Å². The molecule has 2 aromatic carbocycles. The molecule has 1 heterocycles. The van der Waals surface area contributed by atoms with Gasteiger partial charge in [-0.2, -0.15) is 0 Å². The highest BCUT2D eigenvalue weighted by Gasteiger charge is 2.40. The maximum absolute atomic E-state index is 13.1. The Morgan fingerprint density at radius 2 is 1.70 bits per heavy atom. The highest BCUT2D eigenvalue weighted by Crippen LogP contribution is 2.42. The molecule has 0 bridgehead atoms. The van der Waals surface area contributed by atoms with Gasteiger partial charge in [0.1, 0.15) is 0 Å². The van der Waals surface area contributed by atoms with Crippen molar-refractivity contribution in [3.05, 3.63) is 60.2 Å².